The van der Waals surface area contributed by atoms with Crippen molar-refractivity contribution in [3.63, 3.8) is 0 Å². The number of urea groups is 1. The molecule has 1 aliphatic heterocycles. The van der Waals surface area contributed by atoms with Crippen LogP contribution in [0.2, 0.25) is 0 Å². The number of hydrogen-bond donors (Lipinski definition) is 1. The maximum Gasteiger partial charge on any atom is 0.406 e. The Morgan fingerprint density at radius 1 is 1.47 bits per heavy atom. The van der Waals surface area contributed by atoms with E-state index in [4.69, 9.17) is 9.84 Å². The van der Waals surface area contributed by atoms with Gasteiger partial charge in [0, 0.05) is 13.1 Å². The molecule has 1 atom stereocenters. The van der Waals surface area contributed by atoms with Gasteiger partial charge < -0.3 is 19.6 Å². The zero-order chi connectivity index (χ0) is 14.6. The molecule has 0 bridgehead atoms. The van der Waals surface area contributed by atoms with E-state index in [9.17, 15) is 22.8 Å². The molecule has 0 aliphatic carbocycles. The Balaban J connectivity index is 2.79. The lowest BCUT2D eigenvalue weighted by Gasteiger charge is -2.36. The van der Waals surface area contributed by atoms with Crippen molar-refractivity contribution in [2.75, 3.05) is 32.8 Å². The highest BCUT2D eigenvalue weighted by molar-refractivity contribution is 5.83. The average Bonchev–Trinajstić information content (AvgIpc) is 2.34. The van der Waals surface area contributed by atoms with Gasteiger partial charge in [-0.25, -0.2) is 9.59 Å². The lowest BCUT2D eigenvalue weighted by molar-refractivity contribution is -0.150. The van der Waals surface area contributed by atoms with Crippen LogP contribution in [-0.4, -0.2) is 72.0 Å². The summed E-state index contributed by atoms with van der Waals surface area (Å²) in [6.45, 7) is -0.290. The van der Waals surface area contributed by atoms with Crippen LogP contribution in [0.25, 0.3) is 0 Å². The summed E-state index contributed by atoms with van der Waals surface area (Å²) in [6, 6.07) is -2.18. The fourth-order valence-corrected chi connectivity index (χ4v) is 1.75. The second-order valence-electron chi connectivity index (χ2n) is 4.03. The Kier molecular flexibility index (Phi) is 4.98. The third kappa shape index (κ3) is 4.27. The fraction of sp³-hybridized carbons (Fsp3) is 0.800. The summed E-state index contributed by atoms with van der Waals surface area (Å²) < 4.78 is 41.9. The van der Waals surface area contributed by atoms with E-state index in [1.165, 1.54) is 6.92 Å². The Bertz CT molecular complexity index is 348. The molecular formula is C10H15F3N2O4. The number of amides is 2. The number of ether oxygens (including phenoxy) is 1. The van der Waals surface area contributed by atoms with Crippen LogP contribution in [0.1, 0.15) is 6.92 Å². The van der Waals surface area contributed by atoms with E-state index in [-0.39, 0.29) is 26.3 Å². The topological polar surface area (TPSA) is 70.1 Å². The molecule has 0 saturated carbocycles. The third-order valence-electron chi connectivity index (χ3n) is 2.68. The molecule has 0 aromatic rings. The van der Waals surface area contributed by atoms with Crippen molar-refractivity contribution in [3.8, 4) is 0 Å². The molecule has 0 aromatic heterocycles. The molecular weight excluding hydrogens is 269 g/mol. The number of halogens is 3. The van der Waals surface area contributed by atoms with Gasteiger partial charge in [0.2, 0.25) is 0 Å². The van der Waals surface area contributed by atoms with Crippen molar-refractivity contribution >= 4 is 12.0 Å². The summed E-state index contributed by atoms with van der Waals surface area (Å²) >= 11 is 0. The number of rotatable bonds is 3. The second kappa shape index (κ2) is 6.09. The van der Waals surface area contributed by atoms with Gasteiger partial charge in [-0.3, -0.25) is 0 Å². The minimum Gasteiger partial charge on any atom is -0.480 e. The summed E-state index contributed by atoms with van der Waals surface area (Å²) in [6.07, 6.45) is -4.52. The number of carboxylic acids is 1. The minimum atomic E-state index is -4.52. The smallest absolute Gasteiger partial charge is 0.406 e. The molecule has 6 nitrogen and oxygen atoms in total. The second-order valence-corrected chi connectivity index (χ2v) is 4.03. The van der Waals surface area contributed by atoms with Gasteiger partial charge >= 0.3 is 18.2 Å². The Morgan fingerprint density at radius 3 is 2.58 bits per heavy atom. The number of carboxylic acid groups (broad SMARTS) is 1. The van der Waals surface area contributed by atoms with Gasteiger partial charge in [-0.1, -0.05) is 0 Å². The number of hydrogen-bond acceptors (Lipinski definition) is 3. The quantitative estimate of drug-likeness (QED) is 0.831. The molecule has 1 saturated heterocycles. The molecule has 9 heteroatoms. The highest BCUT2D eigenvalue weighted by atomic mass is 19.4. The first-order valence-electron chi connectivity index (χ1n) is 5.69. The van der Waals surface area contributed by atoms with Crippen LogP contribution in [-0.2, 0) is 9.53 Å². The summed E-state index contributed by atoms with van der Waals surface area (Å²) in [5, 5.41) is 8.93. The van der Waals surface area contributed by atoms with E-state index in [1.807, 2.05) is 0 Å². The van der Waals surface area contributed by atoms with Crippen molar-refractivity contribution in [1.82, 2.24) is 9.80 Å². The summed E-state index contributed by atoms with van der Waals surface area (Å²) in [7, 11) is 0. The standard InChI is InChI=1S/C10H15F3N2O4/c1-2-14(6-10(11,12)13)9(18)15-3-4-19-5-7(15)8(16)17/h7H,2-6H2,1H3,(H,16,17). The van der Waals surface area contributed by atoms with Crippen LogP contribution in [0.5, 0.6) is 0 Å². The Morgan fingerprint density at radius 2 is 2.11 bits per heavy atom. The predicted molar refractivity (Wildman–Crippen MR) is 57.6 cm³/mol. The highest BCUT2D eigenvalue weighted by Crippen LogP contribution is 2.18. The number of carbonyl (C=O) groups is 2. The molecule has 1 aliphatic rings. The first-order valence-corrected chi connectivity index (χ1v) is 5.69. The maximum absolute atomic E-state index is 12.3. The third-order valence-corrected chi connectivity index (χ3v) is 2.68. The molecule has 0 spiro atoms. The number of morpholine rings is 1. The number of aliphatic carboxylic acids is 1. The van der Waals surface area contributed by atoms with Gasteiger partial charge in [0.1, 0.15) is 6.54 Å². The molecule has 2 amide bonds. The molecule has 1 rings (SSSR count). The van der Waals surface area contributed by atoms with Gasteiger partial charge in [0.25, 0.3) is 0 Å². The zero-order valence-corrected chi connectivity index (χ0v) is 10.3. The van der Waals surface area contributed by atoms with Gasteiger partial charge in [0.15, 0.2) is 6.04 Å². The van der Waals surface area contributed by atoms with Crippen LogP contribution >= 0.6 is 0 Å². The van der Waals surface area contributed by atoms with Crippen LogP contribution in [0, 0.1) is 0 Å². The predicted octanol–water partition coefficient (Wildman–Crippen LogP) is 0.776. The molecule has 1 heterocycles. The van der Waals surface area contributed by atoms with Gasteiger partial charge in [-0.15, -0.1) is 0 Å². The average molecular weight is 284 g/mol. The maximum atomic E-state index is 12.3. The van der Waals surface area contributed by atoms with Crippen molar-refractivity contribution in [1.29, 1.82) is 0 Å². The number of alkyl halides is 3. The van der Waals surface area contributed by atoms with E-state index < -0.39 is 30.8 Å². The molecule has 1 unspecified atom stereocenters. The first-order chi connectivity index (χ1) is 8.76. The van der Waals surface area contributed by atoms with Crippen molar-refractivity contribution < 1.29 is 32.6 Å². The summed E-state index contributed by atoms with van der Waals surface area (Å²) in [4.78, 5) is 24.4. The monoisotopic (exact) mass is 284 g/mol. The molecule has 0 aromatic carbocycles. The van der Waals surface area contributed by atoms with Crippen LogP contribution < -0.4 is 0 Å². The van der Waals surface area contributed by atoms with Gasteiger partial charge in [-0.05, 0) is 6.92 Å². The van der Waals surface area contributed by atoms with Crippen LogP contribution in [0.3, 0.4) is 0 Å². The van der Waals surface area contributed by atoms with Crippen LogP contribution in [0.15, 0.2) is 0 Å². The zero-order valence-electron chi connectivity index (χ0n) is 10.3. The molecule has 1 fully saturated rings. The lowest BCUT2D eigenvalue weighted by Crippen LogP contribution is -2.57. The Hall–Kier alpha value is -1.51. The first kappa shape index (κ1) is 15.5. The van der Waals surface area contributed by atoms with E-state index >= 15 is 0 Å². The summed E-state index contributed by atoms with van der Waals surface area (Å²) in [5.41, 5.74) is 0. The van der Waals surface area contributed by atoms with E-state index in [1.54, 1.807) is 0 Å². The largest absolute Gasteiger partial charge is 0.480 e. The Labute approximate surface area is 107 Å². The van der Waals surface area contributed by atoms with E-state index in [0.717, 1.165) is 4.90 Å². The fourth-order valence-electron chi connectivity index (χ4n) is 1.75. The summed E-state index contributed by atoms with van der Waals surface area (Å²) in [5.74, 6) is -1.30. The molecule has 110 valence electrons. The molecule has 1 N–H and O–H groups in total. The van der Waals surface area contributed by atoms with E-state index in [2.05, 4.69) is 0 Å². The van der Waals surface area contributed by atoms with Gasteiger partial charge in [-0.2, -0.15) is 13.2 Å². The van der Waals surface area contributed by atoms with Gasteiger partial charge in [0.05, 0.1) is 13.2 Å². The van der Waals surface area contributed by atoms with E-state index in [0.29, 0.717) is 4.90 Å². The molecule has 19 heavy (non-hydrogen) atoms. The van der Waals surface area contributed by atoms with Crippen molar-refractivity contribution in [3.05, 3.63) is 0 Å². The minimum absolute atomic E-state index is 0.0375. The van der Waals surface area contributed by atoms with Crippen LogP contribution in [0.4, 0.5) is 18.0 Å². The van der Waals surface area contributed by atoms with Crippen molar-refractivity contribution in [2.24, 2.45) is 0 Å². The normalized spacial score (nSPS) is 20.2. The number of carbonyl (C=O) groups excluding carboxylic acids is 1. The lowest BCUT2D eigenvalue weighted by atomic mass is 10.2. The SMILES string of the molecule is CCN(CC(F)(F)F)C(=O)N1CCOCC1C(=O)O. The van der Waals surface area contributed by atoms with Crippen molar-refractivity contribution in [2.45, 2.75) is 19.1 Å². The molecule has 0 radical (unpaired) electrons. The highest BCUT2D eigenvalue weighted by Gasteiger charge is 2.38. The number of nitrogens with zero attached hydrogens (tertiary/aromatic N) is 2.